The number of aromatic amines is 2. The summed E-state index contributed by atoms with van der Waals surface area (Å²) in [6, 6.07) is 14.1. The number of nitrogens with zero attached hydrogens (tertiary/aromatic N) is 1. The number of pyridine rings is 1. The molecule has 4 N–H and O–H groups in total. The SMILES string of the molecule is O=c1[nH]c2ccc(Br)cc2c(NC[C@H]2CCCCN2)c1-c1nc2ccccc2[nH]1. The first kappa shape index (κ1) is 18.4. The van der Waals surface area contributed by atoms with Gasteiger partial charge in [-0.05, 0) is 49.7 Å². The monoisotopic (exact) mass is 451 g/mol. The summed E-state index contributed by atoms with van der Waals surface area (Å²) in [5, 5.41) is 8.10. The Labute approximate surface area is 176 Å². The van der Waals surface area contributed by atoms with Crippen molar-refractivity contribution in [1.29, 1.82) is 0 Å². The highest BCUT2D eigenvalue weighted by molar-refractivity contribution is 9.10. The Balaban J connectivity index is 1.66. The third kappa shape index (κ3) is 3.56. The van der Waals surface area contributed by atoms with Crippen LogP contribution in [-0.2, 0) is 0 Å². The first-order valence-corrected chi connectivity index (χ1v) is 10.8. The van der Waals surface area contributed by atoms with Gasteiger partial charge in [-0.25, -0.2) is 4.98 Å². The van der Waals surface area contributed by atoms with Crippen LogP contribution in [0.15, 0.2) is 51.7 Å². The molecule has 0 spiro atoms. The smallest absolute Gasteiger partial charge is 0.261 e. The number of anilines is 1. The van der Waals surface area contributed by atoms with E-state index in [9.17, 15) is 4.79 Å². The van der Waals surface area contributed by atoms with Crippen molar-refractivity contribution in [2.75, 3.05) is 18.4 Å². The Morgan fingerprint density at radius 1 is 1.10 bits per heavy atom. The van der Waals surface area contributed by atoms with Crippen molar-refractivity contribution in [2.45, 2.75) is 25.3 Å². The number of benzene rings is 2. The molecule has 7 heteroatoms. The van der Waals surface area contributed by atoms with Crippen LogP contribution in [0.1, 0.15) is 19.3 Å². The maximum atomic E-state index is 13.1. The van der Waals surface area contributed by atoms with Crippen LogP contribution in [0.2, 0.25) is 0 Å². The summed E-state index contributed by atoms with van der Waals surface area (Å²) in [6.45, 7) is 1.81. The minimum absolute atomic E-state index is 0.155. The molecule has 5 rings (SSSR count). The molecule has 0 bridgehead atoms. The van der Waals surface area contributed by atoms with Crippen LogP contribution in [0.25, 0.3) is 33.3 Å². The van der Waals surface area contributed by atoms with E-state index in [1.807, 2.05) is 42.5 Å². The number of piperidine rings is 1. The molecule has 2 aromatic heterocycles. The molecule has 0 aliphatic carbocycles. The molecule has 1 saturated heterocycles. The fourth-order valence-electron chi connectivity index (χ4n) is 4.07. The molecule has 0 unspecified atom stereocenters. The molecule has 0 amide bonds. The second-order valence-electron chi connectivity index (χ2n) is 7.52. The third-order valence-electron chi connectivity index (χ3n) is 5.54. The van der Waals surface area contributed by atoms with Crippen molar-refractivity contribution < 1.29 is 0 Å². The summed E-state index contributed by atoms with van der Waals surface area (Å²) in [7, 11) is 0. The Morgan fingerprint density at radius 2 is 2.00 bits per heavy atom. The molecular weight excluding hydrogens is 430 g/mol. The standard InChI is InChI=1S/C22H22BrN5O/c23-13-8-9-16-15(11-13)20(25-12-14-5-3-4-10-24-14)19(22(29)28-16)21-26-17-6-1-2-7-18(17)27-21/h1-2,6-9,11,14,24H,3-5,10,12H2,(H,26,27)(H2,25,28,29)/t14-/m1/s1. The van der Waals surface area contributed by atoms with Crippen LogP contribution in [0, 0.1) is 0 Å². The number of para-hydroxylation sites is 2. The Hall–Kier alpha value is -2.64. The van der Waals surface area contributed by atoms with Crippen molar-refractivity contribution in [3.05, 3.63) is 57.3 Å². The second-order valence-corrected chi connectivity index (χ2v) is 8.44. The lowest BCUT2D eigenvalue weighted by Gasteiger charge is -2.25. The molecule has 2 aromatic carbocycles. The van der Waals surface area contributed by atoms with Gasteiger partial charge in [-0.3, -0.25) is 4.79 Å². The van der Waals surface area contributed by atoms with Crippen LogP contribution in [-0.4, -0.2) is 34.1 Å². The average Bonchev–Trinajstić information content (AvgIpc) is 3.16. The first-order valence-electron chi connectivity index (χ1n) is 9.97. The van der Waals surface area contributed by atoms with Gasteiger partial charge in [-0.2, -0.15) is 0 Å². The zero-order valence-electron chi connectivity index (χ0n) is 15.9. The maximum absolute atomic E-state index is 13.1. The Bertz CT molecular complexity index is 1210. The second kappa shape index (κ2) is 7.65. The van der Waals surface area contributed by atoms with Crippen LogP contribution in [0.3, 0.4) is 0 Å². The number of aromatic nitrogens is 3. The predicted molar refractivity (Wildman–Crippen MR) is 121 cm³/mol. The number of hydrogen-bond donors (Lipinski definition) is 4. The summed E-state index contributed by atoms with van der Waals surface area (Å²) < 4.78 is 0.964. The molecule has 4 aromatic rings. The van der Waals surface area contributed by atoms with Gasteiger partial charge in [0, 0.05) is 22.4 Å². The molecular formula is C22H22BrN5O. The normalized spacial score (nSPS) is 17.1. The number of imidazole rings is 1. The van der Waals surface area contributed by atoms with E-state index in [4.69, 9.17) is 0 Å². The van der Waals surface area contributed by atoms with Gasteiger partial charge >= 0.3 is 0 Å². The van der Waals surface area contributed by atoms with Crippen LogP contribution in [0.5, 0.6) is 0 Å². The summed E-state index contributed by atoms with van der Waals surface area (Å²) in [5.74, 6) is 0.577. The molecule has 0 saturated carbocycles. The Kier molecular flexibility index (Phi) is 4.85. The zero-order valence-corrected chi connectivity index (χ0v) is 17.5. The molecule has 148 valence electrons. The van der Waals surface area contributed by atoms with Gasteiger partial charge in [0.2, 0.25) is 0 Å². The van der Waals surface area contributed by atoms with Gasteiger partial charge in [-0.1, -0.05) is 34.5 Å². The highest BCUT2D eigenvalue weighted by Gasteiger charge is 2.20. The lowest BCUT2D eigenvalue weighted by atomic mass is 10.0. The molecule has 6 nitrogen and oxygen atoms in total. The van der Waals surface area contributed by atoms with Gasteiger partial charge in [-0.15, -0.1) is 0 Å². The molecule has 1 aliphatic rings. The van der Waals surface area contributed by atoms with E-state index >= 15 is 0 Å². The van der Waals surface area contributed by atoms with E-state index in [2.05, 4.69) is 41.5 Å². The largest absolute Gasteiger partial charge is 0.382 e. The molecule has 0 radical (unpaired) electrons. The third-order valence-corrected chi connectivity index (χ3v) is 6.03. The van der Waals surface area contributed by atoms with Crippen molar-refractivity contribution in [3.63, 3.8) is 0 Å². The number of halogens is 1. The minimum atomic E-state index is -0.155. The average molecular weight is 452 g/mol. The first-order chi connectivity index (χ1) is 14.2. The highest BCUT2D eigenvalue weighted by atomic mass is 79.9. The van der Waals surface area contributed by atoms with Crippen LogP contribution >= 0.6 is 15.9 Å². The van der Waals surface area contributed by atoms with Gasteiger partial charge < -0.3 is 20.6 Å². The van der Waals surface area contributed by atoms with E-state index < -0.39 is 0 Å². The lowest BCUT2D eigenvalue weighted by Crippen LogP contribution is -2.39. The molecule has 1 atom stereocenters. The topological polar surface area (TPSA) is 85.6 Å². The molecule has 1 fully saturated rings. The summed E-state index contributed by atoms with van der Waals surface area (Å²) in [4.78, 5) is 24.1. The van der Waals surface area contributed by atoms with E-state index in [1.54, 1.807) is 0 Å². The molecule has 3 heterocycles. The van der Waals surface area contributed by atoms with Gasteiger partial charge in [0.25, 0.3) is 5.56 Å². The maximum Gasteiger partial charge on any atom is 0.261 e. The minimum Gasteiger partial charge on any atom is -0.382 e. The van der Waals surface area contributed by atoms with E-state index in [0.29, 0.717) is 17.4 Å². The summed E-state index contributed by atoms with van der Waals surface area (Å²) >= 11 is 3.57. The van der Waals surface area contributed by atoms with Gasteiger partial charge in [0.15, 0.2) is 0 Å². The van der Waals surface area contributed by atoms with Crippen molar-refractivity contribution in [3.8, 4) is 11.4 Å². The number of nitrogens with one attached hydrogen (secondary N) is 4. The van der Waals surface area contributed by atoms with Crippen molar-refractivity contribution in [2.24, 2.45) is 0 Å². The molecule has 1 aliphatic heterocycles. The lowest BCUT2D eigenvalue weighted by molar-refractivity contribution is 0.414. The Morgan fingerprint density at radius 3 is 2.83 bits per heavy atom. The van der Waals surface area contributed by atoms with Gasteiger partial charge in [0.05, 0.1) is 22.2 Å². The van der Waals surface area contributed by atoms with E-state index in [0.717, 1.165) is 51.6 Å². The predicted octanol–water partition coefficient (Wildman–Crippen LogP) is 4.39. The highest BCUT2D eigenvalue weighted by Crippen LogP contribution is 2.32. The fourth-order valence-corrected chi connectivity index (χ4v) is 4.43. The number of fused-ring (bicyclic) bond motifs is 2. The number of hydrogen-bond acceptors (Lipinski definition) is 4. The van der Waals surface area contributed by atoms with E-state index in [-0.39, 0.29) is 5.56 Å². The number of rotatable bonds is 4. The fraction of sp³-hybridized carbons (Fsp3) is 0.273. The van der Waals surface area contributed by atoms with Crippen molar-refractivity contribution >= 4 is 43.6 Å². The summed E-state index contributed by atoms with van der Waals surface area (Å²) in [5.41, 5.74) is 3.77. The van der Waals surface area contributed by atoms with Gasteiger partial charge in [0.1, 0.15) is 11.4 Å². The van der Waals surface area contributed by atoms with Crippen molar-refractivity contribution in [1.82, 2.24) is 20.3 Å². The quantitative estimate of drug-likeness (QED) is 0.370. The molecule has 29 heavy (non-hydrogen) atoms. The van der Waals surface area contributed by atoms with Crippen LogP contribution in [0.4, 0.5) is 5.69 Å². The van der Waals surface area contributed by atoms with E-state index in [1.165, 1.54) is 12.8 Å². The zero-order chi connectivity index (χ0) is 19.8. The summed E-state index contributed by atoms with van der Waals surface area (Å²) in [6.07, 6.45) is 3.59. The number of H-pyrrole nitrogens is 2. The van der Waals surface area contributed by atoms with Crippen LogP contribution < -0.4 is 16.2 Å².